The zero-order chi connectivity index (χ0) is 87.2. The molecule has 0 fully saturated rings. The second-order valence-electron chi connectivity index (χ2n) is 21.5. The second kappa shape index (κ2) is 58.3. The van der Waals surface area contributed by atoms with Gasteiger partial charge in [-0.15, -0.1) is 4.37 Å². The first-order chi connectivity index (χ1) is 57.3. The molecule has 0 aliphatic heterocycles. The number of amides is 1. The Morgan fingerprint density at radius 3 is 1.14 bits per heavy atom. The third-order valence-corrected chi connectivity index (χ3v) is 19.8. The molecule has 1 amide bonds. The summed E-state index contributed by atoms with van der Waals surface area (Å²) in [6.07, 6.45) is 0. The smallest absolute Gasteiger partial charge is 0.870 e. The van der Waals surface area contributed by atoms with Crippen LogP contribution in [0.15, 0.2) is 236 Å². The summed E-state index contributed by atoms with van der Waals surface area (Å²) in [7, 11) is 10.1. The van der Waals surface area contributed by atoms with E-state index in [2.05, 4.69) is 68.0 Å². The number of hydrogen-bond donors (Lipinski definition) is 4. The summed E-state index contributed by atoms with van der Waals surface area (Å²) in [5.74, 6) is -3.05. The molecule has 13 aromatic rings. The van der Waals surface area contributed by atoms with Crippen LogP contribution in [0.25, 0.3) is 67.7 Å². The first-order valence-electron chi connectivity index (χ1n) is 33.3. The number of hydrogen-bond acceptors (Lipinski definition) is 33. The Labute approximate surface area is 765 Å². The zero-order valence-electron chi connectivity index (χ0n) is 64.1. The van der Waals surface area contributed by atoms with E-state index in [-0.39, 0.29) is 97.4 Å². The molecule has 0 radical (unpaired) electrons. The molecule has 7 aromatic carbocycles. The van der Waals surface area contributed by atoms with Crippen LogP contribution in [0.2, 0.25) is 0 Å². The molecular weight excluding hydrogens is 1840 g/mol. The van der Waals surface area contributed by atoms with Crippen LogP contribution in [-0.2, 0) is 38.0 Å². The number of aromatic nitrogens is 6. The van der Waals surface area contributed by atoms with Gasteiger partial charge in [-0.05, 0) is 134 Å². The number of carbonyl (C=O) groups excluding carboxylic acids is 8. The van der Waals surface area contributed by atoms with E-state index in [1.165, 1.54) is 51.5 Å². The van der Waals surface area contributed by atoms with E-state index in [9.17, 15) is 57.5 Å². The van der Waals surface area contributed by atoms with Crippen LogP contribution in [0.3, 0.4) is 0 Å². The molecule has 0 saturated carbocycles. The van der Waals surface area contributed by atoms with Gasteiger partial charge in [0.05, 0.1) is 92.8 Å². The Hall–Kier alpha value is -11.7. The summed E-state index contributed by atoms with van der Waals surface area (Å²) in [6, 6.07) is 64.4. The maximum absolute atomic E-state index is 11.8. The molecule has 13 rings (SSSR count). The van der Waals surface area contributed by atoms with E-state index >= 15 is 0 Å². The number of carbonyl (C=O) groups is 11. The van der Waals surface area contributed by atoms with Gasteiger partial charge in [0.2, 0.25) is 11.8 Å². The van der Waals surface area contributed by atoms with E-state index in [1.807, 2.05) is 170 Å². The van der Waals surface area contributed by atoms with Crippen LogP contribution in [-0.4, -0.2) is 153 Å². The molecular formula is C81H69BrCl2N7NaO23S7. The summed E-state index contributed by atoms with van der Waals surface area (Å²) < 4.78 is 57.0. The summed E-state index contributed by atoms with van der Waals surface area (Å²) in [5.41, 5.74) is 14.1. The van der Waals surface area contributed by atoms with Crippen molar-refractivity contribution in [3.63, 3.8) is 0 Å². The second-order valence-corrected chi connectivity index (χ2v) is 28.6. The monoisotopic (exact) mass is 1900 g/mol. The van der Waals surface area contributed by atoms with Crippen LogP contribution in [0.1, 0.15) is 103 Å². The van der Waals surface area contributed by atoms with Gasteiger partial charge in [-0.2, -0.15) is 21.9 Å². The Morgan fingerprint density at radius 2 is 0.795 bits per heavy atom. The maximum Gasteiger partial charge on any atom is 1.00 e. The first-order valence-corrected chi connectivity index (χ1v) is 40.9. The van der Waals surface area contributed by atoms with Crippen molar-refractivity contribution in [2.24, 2.45) is 5.73 Å². The van der Waals surface area contributed by atoms with Gasteiger partial charge in [0.1, 0.15) is 30.2 Å². The largest absolute Gasteiger partial charge is 1.00 e. The van der Waals surface area contributed by atoms with E-state index in [1.54, 1.807) is 79.2 Å². The van der Waals surface area contributed by atoms with Crippen molar-refractivity contribution in [2.75, 3.05) is 41.7 Å². The van der Waals surface area contributed by atoms with E-state index in [4.69, 9.17) is 50.4 Å². The van der Waals surface area contributed by atoms with Crippen molar-refractivity contribution in [1.82, 2.24) is 26.2 Å². The number of benzene rings is 7. The van der Waals surface area contributed by atoms with Gasteiger partial charge in [0, 0.05) is 72.5 Å². The SMILES string of the molecule is C.CCOC(=O)c1c(-c2ccccc2)nsc1Br.CCOC(=O)c1csnc1-c1ccccc1.COC(=O)C#CC(=O)OC.COC(=O)c1snc(-c2ccccc2)c1C(=O)OC.NC(=O)c1ccccc1.O=C(Cl)SCl.O=C(O)c1csnc1-c1ccccc1.O=C(O)c1snc(-c2ccccc2)c1C(=O)O.O=c1oc(-c2ccccc2)ns1.[Na+].[OH-]. The fourth-order valence-electron chi connectivity index (χ4n) is 8.76. The molecule has 6 heterocycles. The predicted octanol–water partition coefficient (Wildman–Crippen LogP) is 15.4. The van der Waals surface area contributed by atoms with Gasteiger partial charge in [0.15, 0.2) is 0 Å². The number of nitrogens with zero attached hydrogens (tertiary/aromatic N) is 6. The standard InChI is InChI=1S/C13H11NO4S.C12H10BrNO2S.C12H11NO2S.C11H7NO4S.C10H7NO2S.C8H5NO2S.C7H7NO.C6H6O4.CCl2OS.CH4.Na.H2O/c1-17-12(15)9-10(8-6-4-3-5-7-8)14-19-11(9)13(16)18-2;1-2-16-12(15)9-10(14-17-11(9)13)8-6-4-3-5-7-8;1-2-15-12(14)10-8-16-13-11(10)9-6-4-3-5-7-9;13-10(14)7-8(6-4-2-1-3-5-6)12-17-9(7)11(15)16;12-10(13)8-6-14-11-9(8)7-4-2-1-3-5-7;10-8-11-7(9-12-8)6-4-2-1-3-5-6;8-7(9)6-4-2-1-3-5-6;1-9-5(7)3-4-6(8)10-2;2-1(4)5-3;;;/h3-7H,1-2H3;3-7H,2H2,1H3;3-8H,2H2,1H3;1-5H,(H,13,14)(H,15,16);1-6H,(H,12,13);1-5H;1-5H,(H2,8,9);1-2H3;;1H4;;1H2/q;;;;;;;;;;+1;/p-1. The number of nitrogens with two attached hydrogens (primary N) is 1. The molecule has 41 heteroatoms. The van der Waals surface area contributed by atoms with E-state index in [0.29, 0.717) is 90.4 Å². The molecule has 122 heavy (non-hydrogen) atoms. The number of carboxylic acid groups (broad SMARTS) is 3. The van der Waals surface area contributed by atoms with Gasteiger partial charge in [-0.1, -0.05) is 195 Å². The molecule has 0 atom stereocenters. The number of carboxylic acids is 3. The molecule has 0 unspecified atom stereocenters. The summed E-state index contributed by atoms with van der Waals surface area (Å²) in [4.78, 5) is 130. The molecule has 6 N–H and O–H groups in total. The van der Waals surface area contributed by atoms with Crippen molar-refractivity contribution in [3.8, 4) is 79.6 Å². The molecule has 30 nitrogen and oxygen atoms in total. The van der Waals surface area contributed by atoms with Gasteiger partial charge < -0.3 is 59.4 Å². The number of rotatable bonds is 16. The predicted molar refractivity (Wildman–Crippen MR) is 467 cm³/mol. The Morgan fingerprint density at radius 1 is 0.443 bits per heavy atom. The number of ether oxygens (including phenoxy) is 6. The van der Waals surface area contributed by atoms with Crippen molar-refractivity contribution in [2.45, 2.75) is 21.3 Å². The van der Waals surface area contributed by atoms with Gasteiger partial charge >= 0.3 is 88.2 Å². The molecule has 0 aliphatic rings. The third kappa shape index (κ3) is 34.8. The number of primary amides is 1. The maximum atomic E-state index is 11.8. The molecule has 0 bridgehead atoms. The fraction of sp³-hybridized carbons (Fsp3) is 0.111. The number of esters is 6. The quantitative estimate of drug-likeness (QED) is 0.0174. The van der Waals surface area contributed by atoms with Crippen LogP contribution >= 0.6 is 118 Å². The summed E-state index contributed by atoms with van der Waals surface area (Å²) in [5, 5.41) is 30.1. The van der Waals surface area contributed by atoms with E-state index < -0.39 is 46.4 Å². The molecule has 0 aliphatic carbocycles. The first kappa shape index (κ1) is 106. The number of aromatic carboxylic acids is 3. The third-order valence-electron chi connectivity index (χ3n) is 13.9. The van der Waals surface area contributed by atoms with Crippen molar-refractivity contribution in [1.29, 1.82) is 0 Å². The average molecular weight is 1910 g/mol. The zero-order valence-corrected chi connectivity index (χ0v) is 74.9. The van der Waals surface area contributed by atoms with Crippen LogP contribution in [0.5, 0.6) is 0 Å². The number of halogens is 3. The van der Waals surface area contributed by atoms with Crippen molar-refractivity contribution >= 4 is 183 Å². The summed E-state index contributed by atoms with van der Waals surface area (Å²) in [6.45, 7) is 4.31. The van der Waals surface area contributed by atoms with Gasteiger partial charge in [-0.3, -0.25) is 9.59 Å². The number of methoxy groups -OCH3 is 4. The fourth-order valence-corrected chi connectivity index (χ4v) is 13.3. The van der Waals surface area contributed by atoms with Crippen molar-refractivity contribution < 1.29 is 136 Å². The summed E-state index contributed by atoms with van der Waals surface area (Å²) >= 11 is 14.1. The normalized spacial score (nSPS) is 9.39. The Balaban J connectivity index is 0.000000471. The van der Waals surface area contributed by atoms with Gasteiger partial charge in [-0.25, -0.2) is 47.9 Å². The van der Waals surface area contributed by atoms with Gasteiger partial charge in [0.25, 0.3) is 4.57 Å². The van der Waals surface area contributed by atoms with Crippen molar-refractivity contribution in [3.05, 3.63) is 280 Å². The van der Waals surface area contributed by atoms with E-state index in [0.717, 1.165) is 62.4 Å². The van der Waals surface area contributed by atoms with Crippen LogP contribution in [0, 0.1) is 11.8 Å². The molecule has 0 saturated heterocycles. The average Bonchev–Trinajstić information content (AvgIpc) is 1.65. The minimum Gasteiger partial charge on any atom is -0.870 e. The molecule has 6 aromatic heterocycles. The minimum atomic E-state index is -1.28. The topological polar surface area (TPSA) is 467 Å². The minimum absolute atomic E-state index is 0. The molecule has 0 spiro atoms. The van der Waals surface area contributed by atoms with Crippen LogP contribution < -0.4 is 40.2 Å². The molecule has 630 valence electrons. The Bertz CT molecular complexity index is 5590. The van der Waals surface area contributed by atoms with Crippen LogP contribution in [0.4, 0.5) is 4.79 Å². The Kier molecular flexibility index (Phi) is 50.9.